The Kier molecular flexibility index (Phi) is 3.18. The molecule has 3 aliphatic rings. The second kappa shape index (κ2) is 4.82. The molecule has 2 N–H and O–H groups in total. The quantitative estimate of drug-likeness (QED) is 0.893. The van der Waals surface area contributed by atoms with Crippen LogP contribution in [0.25, 0.3) is 0 Å². The molecule has 126 valence electrons. The van der Waals surface area contributed by atoms with Gasteiger partial charge in [0.05, 0.1) is 12.2 Å². The van der Waals surface area contributed by atoms with E-state index in [2.05, 4.69) is 43.2 Å². The van der Waals surface area contributed by atoms with Crippen molar-refractivity contribution in [1.29, 1.82) is 0 Å². The molecule has 5 heteroatoms. The minimum absolute atomic E-state index is 0.0542. The number of aromatic amines is 1. The molecule has 1 aromatic rings. The Morgan fingerprint density at radius 1 is 1.35 bits per heavy atom. The summed E-state index contributed by atoms with van der Waals surface area (Å²) in [6, 6.07) is 2.00. The van der Waals surface area contributed by atoms with Gasteiger partial charge in [-0.25, -0.2) is 0 Å². The van der Waals surface area contributed by atoms with Gasteiger partial charge in [0.1, 0.15) is 0 Å². The number of carbonyl (C=O) groups is 1. The van der Waals surface area contributed by atoms with Crippen molar-refractivity contribution in [2.75, 3.05) is 5.32 Å². The molecular weight excluding hydrogens is 290 g/mol. The van der Waals surface area contributed by atoms with E-state index in [4.69, 9.17) is 4.74 Å². The molecule has 0 radical (unpaired) electrons. The van der Waals surface area contributed by atoms with Crippen LogP contribution in [0.2, 0.25) is 0 Å². The number of hydrogen-bond acceptors (Lipinski definition) is 3. The number of H-pyrrole nitrogens is 1. The standard InChI is InChI=1S/C18H27N3O2/c1-17(2)16(18(17,3)4)12-9-14(21-20-12)19-15(22)8-10-7-11-5-6-13(10)23-11/h9-11,13,16H,5-8H2,1-4H3,(H2,19,20,21,22). The fourth-order valence-electron chi connectivity index (χ4n) is 4.91. The van der Waals surface area contributed by atoms with Gasteiger partial charge in [-0.3, -0.25) is 9.89 Å². The second-order valence-electron chi connectivity index (χ2n) is 8.71. The average Bonchev–Trinajstić information content (AvgIpc) is 3.01. The third-order valence-electron chi connectivity index (χ3n) is 6.88. The van der Waals surface area contributed by atoms with Gasteiger partial charge < -0.3 is 10.1 Å². The van der Waals surface area contributed by atoms with Crippen LogP contribution in [-0.4, -0.2) is 28.3 Å². The maximum Gasteiger partial charge on any atom is 0.225 e. The van der Waals surface area contributed by atoms with Crippen LogP contribution in [0.5, 0.6) is 0 Å². The number of carbonyl (C=O) groups excluding carboxylic acids is 1. The lowest BCUT2D eigenvalue weighted by molar-refractivity contribution is -0.117. The van der Waals surface area contributed by atoms with Crippen LogP contribution in [0.15, 0.2) is 6.07 Å². The molecule has 3 atom stereocenters. The highest BCUT2D eigenvalue weighted by molar-refractivity contribution is 5.90. The van der Waals surface area contributed by atoms with Crippen molar-refractivity contribution >= 4 is 11.7 Å². The molecular formula is C18H27N3O2. The molecule has 0 spiro atoms. The summed E-state index contributed by atoms with van der Waals surface area (Å²) in [6.07, 6.45) is 4.56. The fraction of sp³-hybridized carbons (Fsp3) is 0.778. The van der Waals surface area contributed by atoms with Gasteiger partial charge in [0.25, 0.3) is 0 Å². The van der Waals surface area contributed by atoms with Crippen molar-refractivity contribution in [3.63, 3.8) is 0 Å². The number of aromatic nitrogens is 2. The van der Waals surface area contributed by atoms with Crippen LogP contribution in [0, 0.1) is 16.7 Å². The number of rotatable bonds is 4. The van der Waals surface area contributed by atoms with Crippen LogP contribution < -0.4 is 5.32 Å². The summed E-state index contributed by atoms with van der Waals surface area (Å²) in [5.41, 5.74) is 1.65. The Morgan fingerprint density at radius 3 is 2.65 bits per heavy atom. The largest absolute Gasteiger partial charge is 0.375 e. The first-order valence-electron chi connectivity index (χ1n) is 8.79. The Balaban J connectivity index is 1.36. The predicted octanol–water partition coefficient (Wildman–Crippen LogP) is 3.46. The van der Waals surface area contributed by atoms with Crippen molar-refractivity contribution in [1.82, 2.24) is 10.2 Å². The van der Waals surface area contributed by atoms with Gasteiger partial charge in [-0.05, 0) is 36.0 Å². The molecule has 3 fully saturated rings. The van der Waals surface area contributed by atoms with Crippen molar-refractivity contribution in [3.8, 4) is 0 Å². The van der Waals surface area contributed by atoms with E-state index in [9.17, 15) is 4.79 Å². The molecule has 0 aromatic carbocycles. The third kappa shape index (κ3) is 2.32. The maximum absolute atomic E-state index is 12.3. The number of ether oxygens (including phenoxy) is 1. The van der Waals surface area contributed by atoms with Crippen LogP contribution in [0.4, 0.5) is 5.82 Å². The zero-order valence-electron chi connectivity index (χ0n) is 14.5. The molecule has 1 aromatic heterocycles. The van der Waals surface area contributed by atoms with Gasteiger partial charge in [-0.2, -0.15) is 5.10 Å². The predicted molar refractivity (Wildman–Crippen MR) is 88.1 cm³/mol. The lowest BCUT2D eigenvalue weighted by Gasteiger charge is -2.17. The van der Waals surface area contributed by atoms with Crippen LogP contribution >= 0.6 is 0 Å². The zero-order valence-corrected chi connectivity index (χ0v) is 14.5. The fourth-order valence-corrected chi connectivity index (χ4v) is 4.91. The second-order valence-corrected chi connectivity index (χ2v) is 8.71. The van der Waals surface area contributed by atoms with Crippen LogP contribution in [0.3, 0.4) is 0 Å². The highest BCUT2D eigenvalue weighted by atomic mass is 16.5. The van der Waals surface area contributed by atoms with Gasteiger partial charge in [0.15, 0.2) is 5.82 Å². The Hall–Kier alpha value is -1.36. The van der Waals surface area contributed by atoms with Crippen molar-refractivity contribution in [2.24, 2.45) is 16.7 Å². The molecule has 2 bridgehead atoms. The number of fused-ring (bicyclic) bond motifs is 2. The van der Waals surface area contributed by atoms with Crippen molar-refractivity contribution in [3.05, 3.63) is 11.8 Å². The molecule has 2 saturated heterocycles. The van der Waals surface area contributed by atoms with Crippen molar-refractivity contribution in [2.45, 2.75) is 71.5 Å². The smallest absolute Gasteiger partial charge is 0.225 e. The van der Waals surface area contributed by atoms with Crippen molar-refractivity contribution < 1.29 is 9.53 Å². The molecule has 4 rings (SSSR count). The summed E-state index contributed by atoms with van der Waals surface area (Å²) in [6.45, 7) is 9.13. The first kappa shape index (κ1) is 15.2. The average molecular weight is 317 g/mol. The molecule has 1 saturated carbocycles. The SMILES string of the molecule is CC1(C)C(c2cc(NC(=O)CC3CC4CCC3O4)n[nH]2)C1(C)C. The van der Waals surface area contributed by atoms with E-state index in [0.717, 1.165) is 18.5 Å². The number of amides is 1. The lowest BCUT2D eigenvalue weighted by Crippen LogP contribution is -2.23. The van der Waals surface area contributed by atoms with E-state index in [0.29, 0.717) is 36.3 Å². The zero-order chi connectivity index (χ0) is 16.4. The first-order chi connectivity index (χ1) is 10.8. The summed E-state index contributed by atoms with van der Waals surface area (Å²) in [5, 5.41) is 10.3. The summed E-state index contributed by atoms with van der Waals surface area (Å²) in [4.78, 5) is 12.3. The highest BCUT2D eigenvalue weighted by Gasteiger charge is 2.65. The van der Waals surface area contributed by atoms with Gasteiger partial charge in [-0.15, -0.1) is 0 Å². The van der Waals surface area contributed by atoms with E-state index in [1.165, 1.54) is 6.42 Å². The number of anilines is 1. The maximum atomic E-state index is 12.3. The molecule has 1 amide bonds. The highest BCUT2D eigenvalue weighted by Crippen LogP contribution is 2.73. The Labute approximate surface area is 137 Å². The molecule has 3 heterocycles. The molecule has 2 aliphatic heterocycles. The van der Waals surface area contributed by atoms with Gasteiger partial charge >= 0.3 is 0 Å². The van der Waals surface area contributed by atoms with E-state index >= 15 is 0 Å². The van der Waals surface area contributed by atoms with Gasteiger partial charge in [0, 0.05) is 24.1 Å². The normalized spacial score (nSPS) is 33.8. The molecule has 3 unspecified atom stereocenters. The minimum Gasteiger partial charge on any atom is -0.375 e. The number of nitrogens with zero attached hydrogens (tertiary/aromatic N) is 1. The summed E-state index contributed by atoms with van der Waals surface area (Å²) >= 11 is 0. The van der Waals surface area contributed by atoms with E-state index in [-0.39, 0.29) is 16.7 Å². The monoisotopic (exact) mass is 317 g/mol. The topological polar surface area (TPSA) is 67.0 Å². The van der Waals surface area contributed by atoms with E-state index < -0.39 is 0 Å². The van der Waals surface area contributed by atoms with Crippen LogP contribution in [-0.2, 0) is 9.53 Å². The lowest BCUT2D eigenvalue weighted by atomic mass is 9.87. The third-order valence-corrected chi connectivity index (χ3v) is 6.88. The summed E-state index contributed by atoms with van der Waals surface area (Å²) in [7, 11) is 0. The molecule has 1 aliphatic carbocycles. The molecule has 23 heavy (non-hydrogen) atoms. The Bertz CT molecular complexity index is 620. The molecule has 5 nitrogen and oxygen atoms in total. The number of nitrogens with one attached hydrogen (secondary N) is 2. The summed E-state index contributed by atoms with van der Waals surface area (Å²) < 4.78 is 5.82. The first-order valence-corrected chi connectivity index (χ1v) is 8.79. The number of hydrogen-bond donors (Lipinski definition) is 2. The summed E-state index contributed by atoms with van der Waals surface area (Å²) in [5.74, 6) is 1.55. The van der Waals surface area contributed by atoms with E-state index in [1.807, 2.05) is 6.07 Å². The van der Waals surface area contributed by atoms with Crippen LogP contribution in [0.1, 0.15) is 65.0 Å². The minimum atomic E-state index is 0.0542. The van der Waals surface area contributed by atoms with Gasteiger partial charge in [0.2, 0.25) is 5.91 Å². The van der Waals surface area contributed by atoms with Gasteiger partial charge in [-0.1, -0.05) is 27.7 Å². The van der Waals surface area contributed by atoms with E-state index in [1.54, 1.807) is 0 Å². The Morgan fingerprint density at radius 2 is 2.09 bits per heavy atom.